The maximum Gasteiger partial charge on any atom is 0.240 e. The molecular weight excluding hydrogens is 343 g/mol. The largest absolute Gasteiger partial charge is 0.370 e. The molecule has 2 aromatic rings. The molecule has 0 radical (unpaired) electrons. The van der Waals surface area contributed by atoms with Gasteiger partial charge in [0.1, 0.15) is 11.9 Å². The molecule has 2 aromatic carbocycles. The number of rotatable bonds is 4. The Labute approximate surface area is 151 Å². The first-order valence-corrected chi connectivity index (χ1v) is 8.57. The third-order valence-corrected chi connectivity index (χ3v) is 4.60. The number of hydrogen-bond acceptors (Lipinski definition) is 3. The van der Waals surface area contributed by atoms with Crippen LogP contribution in [0.4, 0.5) is 4.39 Å². The van der Waals surface area contributed by atoms with Crippen LogP contribution in [0.3, 0.4) is 0 Å². The van der Waals surface area contributed by atoms with Crippen LogP contribution in [0.25, 0.3) is 0 Å². The zero-order chi connectivity index (χ0) is 17.8. The number of carbonyl (C=O) groups excluding carboxylic acids is 1. The molecule has 0 spiro atoms. The van der Waals surface area contributed by atoms with Crippen LogP contribution in [0.15, 0.2) is 48.5 Å². The highest BCUT2D eigenvalue weighted by Gasteiger charge is 2.28. The Morgan fingerprint density at radius 3 is 2.80 bits per heavy atom. The van der Waals surface area contributed by atoms with Crippen LogP contribution in [-0.4, -0.2) is 36.5 Å². The summed E-state index contributed by atoms with van der Waals surface area (Å²) in [6.45, 7) is 1.28. The van der Waals surface area contributed by atoms with Gasteiger partial charge in [0.25, 0.3) is 0 Å². The first-order valence-electron chi connectivity index (χ1n) is 8.19. The van der Waals surface area contributed by atoms with Gasteiger partial charge < -0.3 is 15.4 Å². The molecule has 3 rings (SSSR count). The molecule has 6 heteroatoms. The first kappa shape index (κ1) is 17.9. The lowest BCUT2D eigenvalue weighted by atomic mass is 10.0. The van der Waals surface area contributed by atoms with E-state index >= 15 is 0 Å². The average molecular weight is 363 g/mol. The molecule has 1 aliphatic rings. The Bertz CT molecular complexity index is 741. The number of carbonyl (C=O) groups is 1. The van der Waals surface area contributed by atoms with Crippen LogP contribution in [-0.2, 0) is 16.0 Å². The van der Waals surface area contributed by atoms with Gasteiger partial charge in [-0.3, -0.25) is 4.79 Å². The smallest absolute Gasteiger partial charge is 0.240 e. The van der Waals surface area contributed by atoms with Crippen molar-refractivity contribution in [3.8, 4) is 0 Å². The number of halogens is 2. The number of nitrogens with two attached hydrogens (primary N) is 1. The van der Waals surface area contributed by atoms with Gasteiger partial charge in [-0.05, 0) is 29.7 Å². The average Bonchev–Trinajstić information content (AvgIpc) is 2.64. The summed E-state index contributed by atoms with van der Waals surface area (Å²) in [6, 6.07) is 13.6. The van der Waals surface area contributed by atoms with E-state index in [2.05, 4.69) is 0 Å². The van der Waals surface area contributed by atoms with Crippen molar-refractivity contribution in [3.63, 3.8) is 0 Å². The van der Waals surface area contributed by atoms with Crippen molar-refractivity contribution in [3.05, 3.63) is 70.5 Å². The molecule has 1 unspecified atom stereocenters. The van der Waals surface area contributed by atoms with Crippen molar-refractivity contribution in [2.75, 3.05) is 19.7 Å². The van der Waals surface area contributed by atoms with E-state index in [-0.39, 0.29) is 17.0 Å². The lowest BCUT2D eigenvalue weighted by Gasteiger charge is -2.34. The molecule has 4 nitrogen and oxygen atoms in total. The fraction of sp³-hybridized carbons (Fsp3) is 0.316. The van der Waals surface area contributed by atoms with Gasteiger partial charge in [0, 0.05) is 6.54 Å². The summed E-state index contributed by atoms with van der Waals surface area (Å²) in [5.74, 6) is -0.579. The first-order chi connectivity index (χ1) is 12.0. The van der Waals surface area contributed by atoms with Crippen LogP contribution in [0, 0.1) is 5.82 Å². The highest BCUT2D eigenvalue weighted by atomic mass is 35.5. The van der Waals surface area contributed by atoms with Gasteiger partial charge in [0.2, 0.25) is 5.91 Å². The summed E-state index contributed by atoms with van der Waals surface area (Å²) in [5.41, 5.74) is 7.88. The lowest BCUT2D eigenvalue weighted by molar-refractivity contribution is -0.140. The second-order valence-corrected chi connectivity index (χ2v) is 6.52. The molecule has 1 fully saturated rings. The SMILES string of the molecule is N[C@@H](Cc1ccccc1)C(=O)N1CCOC(c2ccc(F)c(Cl)c2)C1. The van der Waals surface area contributed by atoms with Crippen molar-refractivity contribution < 1.29 is 13.9 Å². The second-order valence-electron chi connectivity index (χ2n) is 6.11. The van der Waals surface area contributed by atoms with E-state index in [0.717, 1.165) is 11.1 Å². The zero-order valence-corrected chi connectivity index (χ0v) is 14.5. The van der Waals surface area contributed by atoms with E-state index in [1.807, 2.05) is 30.3 Å². The summed E-state index contributed by atoms with van der Waals surface area (Å²) in [7, 11) is 0. The summed E-state index contributed by atoms with van der Waals surface area (Å²) < 4.78 is 19.1. The number of nitrogens with zero attached hydrogens (tertiary/aromatic N) is 1. The fourth-order valence-corrected chi connectivity index (χ4v) is 3.14. The highest BCUT2D eigenvalue weighted by molar-refractivity contribution is 6.30. The molecule has 25 heavy (non-hydrogen) atoms. The number of amides is 1. The Morgan fingerprint density at radius 1 is 1.32 bits per heavy atom. The van der Waals surface area contributed by atoms with Crippen molar-refractivity contribution in [2.45, 2.75) is 18.6 Å². The Balaban J connectivity index is 1.65. The van der Waals surface area contributed by atoms with Gasteiger partial charge in [-0.2, -0.15) is 0 Å². The summed E-state index contributed by atoms with van der Waals surface area (Å²) in [6.07, 6.45) is 0.157. The van der Waals surface area contributed by atoms with E-state index in [1.165, 1.54) is 6.07 Å². The Morgan fingerprint density at radius 2 is 2.08 bits per heavy atom. The third-order valence-electron chi connectivity index (χ3n) is 4.31. The van der Waals surface area contributed by atoms with Crippen LogP contribution in [0.1, 0.15) is 17.2 Å². The molecule has 0 bridgehead atoms. The van der Waals surface area contributed by atoms with E-state index in [9.17, 15) is 9.18 Å². The zero-order valence-electron chi connectivity index (χ0n) is 13.7. The van der Waals surface area contributed by atoms with Gasteiger partial charge in [0.05, 0.1) is 24.2 Å². The van der Waals surface area contributed by atoms with Gasteiger partial charge in [0.15, 0.2) is 0 Å². The lowest BCUT2D eigenvalue weighted by Crippen LogP contribution is -2.50. The summed E-state index contributed by atoms with van der Waals surface area (Å²) >= 11 is 5.84. The van der Waals surface area contributed by atoms with E-state index in [0.29, 0.717) is 26.1 Å². The molecular formula is C19H20ClFN2O2. The van der Waals surface area contributed by atoms with Crippen molar-refractivity contribution in [2.24, 2.45) is 5.73 Å². The minimum atomic E-state index is -0.599. The summed E-state index contributed by atoms with van der Waals surface area (Å²) in [4.78, 5) is 14.4. The molecule has 1 heterocycles. The predicted octanol–water partition coefficient (Wildman–Crippen LogP) is 2.95. The molecule has 2 atom stereocenters. The minimum Gasteiger partial charge on any atom is -0.370 e. The normalized spacial score (nSPS) is 18.8. The quantitative estimate of drug-likeness (QED) is 0.909. The van der Waals surface area contributed by atoms with Crippen molar-refractivity contribution in [1.29, 1.82) is 0 Å². The minimum absolute atomic E-state index is 0.0466. The van der Waals surface area contributed by atoms with Crippen LogP contribution in [0.2, 0.25) is 5.02 Å². The van der Waals surface area contributed by atoms with Crippen LogP contribution >= 0.6 is 11.6 Å². The maximum atomic E-state index is 13.3. The standard InChI is InChI=1S/C19H20ClFN2O2/c20-15-11-14(6-7-16(15)21)18-12-23(8-9-25-18)19(24)17(22)10-13-4-2-1-3-5-13/h1-7,11,17-18H,8-10,12,22H2/t17-,18?/m0/s1. The van der Waals surface area contributed by atoms with E-state index < -0.39 is 11.9 Å². The van der Waals surface area contributed by atoms with Gasteiger partial charge in [-0.15, -0.1) is 0 Å². The van der Waals surface area contributed by atoms with Crippen molar-refractivity contribution >= 4 is 17.5 Å². The van der Waals surface area contributed by atoms with E-state index in [1.54, 1.807) is 17.0 Å². The molecule has 1 aliphatic heterocycles. The van der Waals surface area contributed by atoms with E-state index in [4.69, 9.17) is 22.1 Å². The molecule has 0 saturated carbocycles. The number of ether oxygens (including phenoxy) is 1. The molecule has 2 N–H and O–H groups in total. The Kier molecular flexibility index (Phi) is 5.68. The molecule has 0 aliphatic carbocycles. The van der Waals surface area contributed by atoms with Gasteiger partial charge >= 0.3 is 0 Å². The number of hydrogen-bond donors (Lipinski definition) is 1. The van der Waals surface area contributed by atoms with Crippen LogP contribution in [0.5, 0.6) is 0 Å². The number of morpholine rings is 1. The second kappa shape index (κ2) is 7.95. The van der Waals surface area contributed by atoms with Gasteiger partial charge in [-0.25, -0.2) is 4.39 Å². The topological polar surface area (TPSA) is 55.6 Å². The molecule has 1 saturated heterocycles. The monoisotopic (exact) mass is 362 g/mol. The molecule has 132 valence electrons. The summed E-state index contributed by atoms with van der Waals surface area (Å²) in [5, 5.41) is 0.0466. The predicted molar refractivity (Wildman–Crippen MR) is 94.8 cm³/mol. The number of benzene rings is 2. The Hall–Kier alpha value is -1.95. The highest BCUT2D eigenvalue weighted by Crippen LogP contribution is 2.26. The fourth-order valence-electron chi connectivity index (χ4n) is 2.95. The van der Waals surface area contributed by atoms with Crippen molar-refractivity contribution in [1.82, 2.24) is 4.90 Å². The third kappa shape index (κ3) is 4.37. The van der Waals surface area contributed by atoms with Gasteiger partial charge in [-0.1, -0.05) is 48.0 Å². The molecule has 1 amide bonds. The maximum absolute atomic E-state index is 13.3. The van der Waals surface area contributed by atoms with Crippen LogP contribution < -0.4 is 5.73 Å². The molecule has 0 aromatic heterocycles.